The lowest BCUT2D eigenvalue weighted by molar-refractivity contribution is 0.777. The summed E-state index contributed by atoms with van der Waals surface area (Å²) in [5.41, 5.74) is 4.32. The molecule has 2 fully saturated rings. The second-order valence-corrected chi connectivity index (χ2v) is 12.4. The Morgan fingerprint density at radius 1 is 0.667 bits per heavy atom. The first kappa shape index (κ1) is 12.3. The molecule has 0 aliphatic carbocycles. The molecule has 2 saturated heterocycles. The molecule has 2 rings (SSSR count). The second kappa shape index (κ2) is 5.01. The highest BCUT2D eigenvalue weighted by molar-refractivity contribution is 7.76. The normalized spacial score (nSPS) is 44.0. The molecule has 0 nitrogen and oxygen atoms in total. The molecule has 0 N–H and O–H groups in total. The van der Waals surface area contributed by atoms with Gasteiger partial charge in [0.25, 0.3) is 0 Å². The molecule has 0 saturated carbocycles. The van der Waals surface area contributed by atoms with E-state index < -0.39 is 0 Å². The average Bonchev–Trinajstić information content (AvgIpc) is 2.67. The summed E-state index contributed by atoms with van der Waals surface area (Å²) in [6.07, 6.45) is 6.11. The first-order chi connectivity index (χ1) is 7.09. The van der Waals surface area contributed by atoms with Crippen molar-refractivity contribution in [2.24, 2.45) is 0 Å². The first-order valence-corrected chi connectivity index (χ1v) is 9.94. The summed E-state index contributed by atoms with van der Waals surface area (Å²) in [5.74, 6) is 1.66. The van der Waals surface area contributed by atoms with Gasteiger partial charge in [-0.05, 0) is 54.2 Å². The van der Waals surface area contributed by atoms with Gasteiger partial charge in [-0.1, -0.05) is 43.5 Å². The fraction of sp³-hybridized carbons (Fsp3) is 1.00. The zero-order chi connectivity index (χ0) is 11.0. The van der Waals surface area contributed by atoms with Crippen LogP contribution in [-0.4, -0.2) is 28.5 Å². The molecule has 0 unspecified atom stereocenters. The molecule has 0 aromatic rings. The zero-order valence-electron chi connectivity index (χ0n) is 10.7. The summed E-state index contributed by atoms with van der Waals surface area (Å²) < 4.78 is 0. The van der Waals surface area contributed by atoms with Crippen molar-refractivity contribution < 1.29 is 0 Å². The molecular weight excluding hydrogens is 218 g/mol. The van der Waals surface area contributed by atoms with Gasteiger partial charge >= 0.3 is 0 Å². The summed E-state index contributed by atoms with van der Waals surface area (Å²) >= 11 is 0. The van der Waals surface area contributed by atoms with Crippen molar-refractivity contribution in [2.45, 2.75) is 76.0 Å². The van der Waals surface area contributed by atoms with Crippen molar-refractivity contribution in [2.75, 3.05) is 5.90 Å². The van der Waals surface area contributed by atoms with Crippen LogP contribution in [0.25, 0.3) is 0 Å². The minimum atomic E-state index is 0.397. The van der Waals surface area contributed by atoms with E-state index in [4.69, 9.17) is 0 Å². The van der Waals surface area contributed by atoms with E-state index in [0.29, 0.717) is 15.8 Å². The Labute approximate surface area is 98.1 Å². The monoisotopic (exact) mass is 244 g/mol. The van der Waals surface area contributed by atoms with Gasteiger partial charge in [-0.15, -0.1) is 0 Å². The SMILES string of the molecule is C[C@H]1CC[C@H](C)P1CP1[C@@H](C)CC[C@@H]1C. The molecule has 0 bridgehead atoms. The van der Waals surface area contributed by atoms with Crippen molar-refractivity contribution in [1.29, 1.82) is 0 Å². The van der Waals surface area contributed by atoms with Gasteiger partial charge in [0.15, 0.2) is 0 Å². The molecule has 0 aromatic heterocycles. The van der Waals surface area contributed by atoms with E-state index in [1.807, 2.05) is 0 Å². The molecule has 15 heavy (non-hydrogen) atoms. The molecule has 0 aromatic carbocycles. The van der Waals surface area contributed by atoms with Crippen LogP contribution in [0.5, 0.6) is 0 Å². The number of rotatable bonds is 2. The number of hydrogen-bond donors (Lipinski definition) is 0. The van der Waals surface area contributed by atoms with Gasteiger partial charge < -0.3 is 0 Å². The highest BCUT2D eigenvalue weighted by Crippen LogP contribution is 2.67. The van der Waals surface area contributed by atoms with Crippen LogP contribution >= 0.6 is 15.8 Å². The maximum Gasteiger partial charge on any atom is -0.0111 e. The average molecular weight is 244 g/mol. The summed E-state index contributed by atoms with van der Waals surface area (Å²) in [7, 11) is 0.794. The third-order valence-corrected chi connectivity index (χ3v) is 12.8. The predicted molar refractivity (Wildman–Crippen MR) is 75.0 cm³/mol. The molecular formula is C13H26P2. The lowest BCUT2D eigenvalue weighted by Gasteiger charge is -2.29. The molecule has 88 valence electrons. The van der Waals surface area contributed by atoms with E-state index in [-0.39, 0.29) is 0 Å². The Balaban J connectivity index is 1.95. The fourth-order valence-electron chi connectivity index (χ4n) is 3.24. The summed E-state index contributed by atoms with van der Waals surface area (Å²) in [4.78, 5) is 0. The lowest BCUT2D eigenvalue weighted by Crippen LogP contribution is -2.06. The van der Waals surface area contributed by atoms with Crippen molar-refractivity contribution in [3.05, 3.63) is 0 Å². The van der Waals surface area contributed by atoms with E-state index in [1.165, 1.54) is 25.7 Å². The van der Waals surface area contributed by atoms with Gasteiger partial charge in [-0.2, -0.15) is 0 Å². The predicted octanol–water partition coefficient (Wildman–Crippen LogP) is 5.05. The zero-order valence-corrected chi connectivity index (χ0v) is 12.5. The quantitative estimate of drug-likeness (QED) is 0.596. The Bertz CT molecular complexity index is 175. The molecule has 2 aliphatic heterocycles. The van der Waals surface area contributed by atoms with Gasteiger partial charge in [-0.25, -0.2) is 0 Å². The van der Waals surface area contributed by atoms with Crippen LogP contribution in [0.15, 0.2) is 0 Å². The molecule has 2 heteroatoms. The molecule has 2 heterocycles. The molecule has 0 radical (unpaired) electrons. The van der Waals surface area contributed by atoms with Crippen LogP contribution in [0.4, 0.5) is 0 Å². The molecule has 4 atom stereocenters. The molecule has 0 amide bonds. The van der Waals surface area contributed by atoms with Crippen molar-refractivity contribution in [1.82, 2.24) is 0 Å². The highest BCUT2D eigenvalue weighted by Gasteiger charge is 2.36. The van der Waals surface area contributed by atoms with Crippen molar-refractivity contribution in [3.8, 4) is 0 Å². The molecule has 0 spiro atoms. The third kappa shape index (κ3) is 2.58. The smallest absolute Gasteiger partial charge is 0.0111 e. The minimum Gasteiger partial charge on any atom is -0.0965 e. The highest BCUT2D eigenvalue weighted by atomic mass is 31.2. The van der Waals surface area contributed by atoms with Crippen LogP contribution in [0, 0.1) is 0 Å². The van der Waals surface area contributed by atoms with Gasteiger partial charge in [0.05, 0.1) is 0 Å². The largest absolute Gasteiger partial charge is 0.0965 e. The maximum atomic E-state index is 2.52. The second-order valence-electron chi connectivity index (χ2n) is 5.72. The first-order valence-electron chi connectivity index (χ1n) is 6.61. The van der Waals surface area contributed by atoms with E-state index in [1.54, 1.807) is 5.90 Å². The Kier molecular flexibility index (Phi) is 4.12. The van der Waals surface area contributed by atoms with Crippen LogP contribution in [0.1, 0.15) is 53.4 Å². The summed E-state index contributed by atoms with van der Waals surface area (Å²) in [5, 5.41) is 0. The van der Waals surface area contributed by atoms with Crippen LogP contribution in [0.3, 0.4) is 0 Å². The van der Waals surface area contributed by atoms with Gasteiger partial charge in [0.2, 0.25) is 0 Å². The standard InChI is InChI=1S/C13H26P2/c1-10-5-6-11(2)14(10)9-15-12(3)7-8-13(15)4/h10-13H,5-9H2,1-4H3/t10-,11-,12-,13-/m0/s1. The van der Waals surface area contributed by atoms with Crippen molar-refractivity contribution in [3.63, 3.8) is 0 Å². The summed E-state index contributed by atoms with van der Waals surface area (Å²) in [6.45, 7) is 10.1. The van der Waals surface area contributed by atoms with E-state index >= 15 is 0 Å². The van der Waals surface area contributed by atoms with Gasteiger partial charge in [0, 0.05) is 0 Å². The van der Waals surface area contributed by atoms with E-state index in [0.717, 1.165) is 22.6 Å². The Morgan fingerprint density at radius 2 is 0.933 bits per heavy atom. The van der Waals surface area contributed by atoms with Crippen LogP contribution in [-0.2, 0) is 0 Å². The van der Waals surface area contributed by atoms with Crippen LogP contribution < -0.4 is 0 Å². The number of hydrogen-bond acceptors (Lipinski definition) is 0. The van der Waals surface area contributed by atoms with Crippen LogP contribution in [0.2, 0.25) is 0 Å². The maximum absolute atomic E-state index is 2.52. The lowest BCUT2D eigenvalue weighted by atomic mass is 10.2. The van der Waals surface area contributed by atoms with Gasteiger partial charge in [-0.3, -0.25) is 0 Å². The van der Waals surface area contributed by atoms with E-state index in [9.17, 15) is 0 Å². The minimum absolute atomic E-state index is 0.397. The van der Waals surface area contributed by atoms with Gasteiger partial charge in [0.1, 0.15) is 0 Å². The molecule has 2 aliphatic rings. The topological polar surface area (TPSA) is 0 Å². The fourth-order valence-corrected chi connectivity index (χ4v) is 12.9. The summed E-state index contributed by atoms with van der Waals surface area (Å²) in [6, 6.07) is 0. The van der Waals surface area contributed by atoms with Crippen molar-refractivity contribution >= 4 is 15.8 Å². The Morgan fingerprint density at radius 3 is 1.20 bits per heavy atom. The third-order valence-electron chi connectivity index (χ3n) is 4.60. The Hall–Kier alpha value is 0.860. The van der Waals surface area contributed by atoms with E-state index in [2.05, 4.69) is 27.7 Å².